The van der Waals surface area contributed by atoms with Crippen LogP contribution in [0, 0.1) is 13.8 Å². The number of aromatic nitrogens is 12. The number of halogens is 3. The largest absolute Gasteiger partial charge is 0.508 e. The van der Waals surface area contributed by atoms with Crippen LogP contribution in [0.25, 0.3) is 16.9 Å². The van der Waals surface area contributed by atoms with Crippen molar-refractivity contribution in [2.45, 2.75) is 207 Å². The Labute approximate surface area is 476 Å². The maximum absolute atomic E-state index is 13.5. The summed E-state index contributed by atoms with van der Waals surface area (Å²) in [5, 5.41) is 44.8. The Kier molecular flexibility index (Phi) is 22.5. The highest BCUT2D eigenvalue weighted by molar-refractivity contribution is 7.80. The maximum atomic E-state index is 13.5. The van der Waals surface area contributed by atoms with Crippen molar-refractivity contribution in [3.8, 4) is 17.2 Å². The van der Waals surface area contributed by atoms with Crippen molar-refractivity contribution in [2.75, 3.05) is 0 Å². The predicted molar refractivity (Wildman–Crippen MR) is 311 cm³/mol. The second-order valence-electron chi connectivity index (χ2n) is 22.0. The molecule has 0 bridgehead atoms. The van der Waals surface area contributed by atoms with Crippen LogP contribution >= 0.6 is 34.8 Å². The van der Waals surface area contributed by atoms with E-state index in [0.717, 1.165) is 66.5 Å². The summed E-state index contributed by atoms with van der Waals surface area (Å²) in [5.74, 6) is 3.15. The second-order valence-corrected chi connectivity index (χ2v) is 24.3. The van der Waals surface area contributed by atoms with Crippen molar-refractivity contribution in [3.63, 3.8) is 0 Å². The highest BCUT2D eigenvalue weighted by Crippen LogP contribution is 2.33. The Morgan fingerprint density at radius 1 is 0.692 bits per heavy atom. The van der Waals surface area contributed by atoms with Crippen LogP contribution in [0.15, 0.2) is 53.4 Å². The Balaban J connectivity index is 0.000000247. The Bertz CT molecular complexity index is 3160. The standard InChI is InChI=1S/C34H46ClN5O5S.C13H21ClN4.C9H13ClN4/c1-4-5-6-7-8-9-10-11-12-13-14-30(34(42)36-24(2)23-31-37-33-32(35)25(3)38-40(33)39-31)44-27-17-19-28(20-18-27)45-46(43)29-21-15-26(41)16-22-29;1-5-6-7-8-9-15-16-12-10(14)11(13(2,3)4)17-18(9)12;1-5-11-12-8-6(10)7(9(2,3)4)13-14(5)8/h15-22,24,30,38,41H,4-14,23H2,1-3H3,(H,36,42);17H,5-8H2,1-4H3;13H,1-4H3. The number of hydrogen-bond donors (Lipinski definition) is 5. The van der Waals surface area contributed by atoms with Crippen LogP contribution in [0.1, 0.15) is 187 Å². The molecule has 0 aliphatic heterocycles. The highest BCUT2D eigenvalue weighted by atomic mass is 35.5. The van der Waals surface area contributed by atoms with E-state index in [2.05, 4.69) is 106 Å². The molecule has 6 heterocycles. The number of rotatable bonds is 24. The third kappa shape index (κ3) is 16.9. The summed E-state index contributed by atoms with van der Waals surface area (Å²) in [6.45, 7) is 22.8. The van der Waals surface area contributed by atoms with Gasteiger partial charge >= 0.3 is 0 Å². The number of nitrogens with zero attached hydrogens (tertiary/aromatic N) is 9. The number of ether oxygens (including phenoxy) is 1. The number of unbranched alkanes of at least 4 members (excludes halogenated alkanes) is 11. The summed E-state index contributed by atoms with van der Waals surface area (Å²) in [5.41, 5.74) is 4.79. The molecule has 3 atom stereocenters. The van der Waals surface area contributed by atoms with E-state index >= 15 is 0 Å². The normalized spacial score (nSPS) is 13.1. The number of nitrogens with one attached hydrogen (secondary N) is 4. The molecule has 2 aromatic carbocycles. The minimum Gasteiger partial charge on any atom is -0.508 e. The summed E-state index contributed by atoms with van der Waals surface area (Å²) in [7, 11) is 0. The predicted octanol–water partition coefficient (Wildman–Crippen LogP) is 13.7. The third-order valence-electron chi connectivity index (χ3n) is 13.1. The third-order valence-corrected chi connectivity index (χ3v) is 15.3. The van der Waals surface area contributed by atoms with Gasteiger partial charge in [0.2, 0.25) is 11.1 Å². The number of aryl methyl sites for hydroxylation is 3. The number of phenols is 1. The van der Waals surface area contributed by atoms with Gasteiger partial charge in [-0.3, -0.25) is 20.1 Å². The number of aromatic hydroxyl groups is 1. The van der Waals surface area contributed by atoms with Crippen molar-refractivity contribution < 1.29 is 23.0 Å². The fourth-order valence-electron chi connectivity index (χ4n) is 8.64. The van der Waals surface area contributed by atoms with E-state index in [9.17, 15) is 14.1 Å². The van der Waals surface area contributed by atoms with Crippen LogP contribution in [0.4, 0.5) is 0 Å². The first-order chi connectivity index (χ1) is 37.1. The molecule has 0 saturated carbocycles. The zero-order valence-corrected chi connectivity index (χ0v) is 50.3. The van der Waals surface area contributed by atoms with E-state index in [0.29, 0.717) is 61.4 Å². The molecule has 78 heavy (non-hydrogen) atoms. The molecule has 426 valence electrons. The van der Waals surface area contributed by atoms with E-state index in [1.807, 2.05) is 29.8 Å². The van der Waals surface area contributed by atoms with Gasteiger partial charge in [-0.15, -0.1) is 25.5 Å². The van der Waals surface area contributed by atoms with E-state index in [1.54, 1.807) is 41.0 Å². The monoisotopic (exact) mass is 1150 g/mol. The number of carbonyl (C=O) groups is 1. The maximum Gasteiger partial charge on any atom is 0.261 e. The molecular formula is C56H80Cl3N13O5S. The van der Waals surface area contributed by atoms with Crippen molar-refractivity contribution in [3.05, 3.63) is 98.2 Å². The molecule has 5 N–H and O–H groups in total. The van der Waals surface area contributed by atoms with Gasteiger partial charge < -0.3 is 19.3 Å². The molecule has 8 aromatic rings. The van der Waals surface area contributed by atoms with Gasteiger partial charge in [0.15, 0.2) is 34.7 Å². The summed E-state index contributed by atoms with van der Waals surface area (Å²) in [4.78, 5) is 18.4. The topological polar surface area (TPSA) is 223 Å². The van der Waals surface area contributed by atoms with Gasteiger partial charge in [-0.2, -0.15) is 4.63 Å². The smallest absolute Gasteiger partial charge is 0.261 e. The molecule has 6 aromatic heterocycles. The number of benzene rings is 2. The number of phenolic OH excluding ortho intramolecular Hbond substituents is 1. The SMILES string of the molecule is CCCCCCCCCCCCC(Oc1ccc(OS(=O)c2ccc(O)cc2)cc1)C(=O)NC(C)Cc1nc2c(Cl)c(C)[nH]n2n1.CCCCCc1nnc2c(Cl)c(C(C)(C)C)[nH]n12.Cc1nnc2c(Cl)c(C(C)(C)C)[nH]n12. The number of carbonyl (C=O) groups excluding carboxylic acids is 1. The van der Waals surface area contributed by atoms with Gasteiger partial charge in [-0.1, -0.05) is 161 Å². The quantitative estimate of drug-likeness (QED) is 0.0358. The van der Waals surface area contributed by atoms with Gasteiger partial charge in [-0.25, -0.2) is 18.2 Å². The zero-order chi connectivity index (χ0) is 56.7. The lowest BCUT2D eigenvalue weighted by Gasteiger charge is -2.21. The molecule has 3 unspecified atom stereocenters. The van der Waals surface area contributed by atoms with Crippen molar-refractivity contribution in [1.29, 1.82) is 0 Å². The molecule has 0 spiro atoms. The fourth-order valence-corrected chi connectivity index (χ4v) is 10.4. The molecule has 18 nitrogen and oxygen atoms in total. The number of hydrogen-bond acceptors (Lipinski definition) is 11. The molecule has 1 amide bonds. The van der Waals surface area contributed by atoms with Gasteiger partial charge in [0, 0.05) is 29.7 Å². The summed E-state index contributed by atoms with van der Waals surface area (Å²) in [6.07, 6.45) is 16.9. The highest BCUT2D eigenvalue weighted by Gasteiger charge is 2.27. The molecule has 0 aliphatic carbocycles. The molecule has 0 aliphatic rings. The van der Waals surface area contributed by atoms with Crippen molar-refractivity contribution >= 4 is 68.7 Å². The second kappa shape index (κ2) is 28.5. The Morgan fingerprint density at radius 3 is 1.81 bits per heavy atom. The van der Waals surface area contributed by atoms with Crippen LogP contribution in [-0.2, 0) is 39.5 Å². The van der Waals surface area contributed by atoms with Crippen LogP contribution in [-0.4, -0.2) is 86.8 Å². The minimum absolute atomic E-state index is 0.00970. The van der Waals surface area contributed by atoms with Crippen molar-refractivity contribution in [2.24, 2.45) is 0 Å². The lowest BCUT2D eigenvalue weighted by Crippen LogP contribution is -2.43. The average Bonchev–Trinajstić information content (AvgIpc) is 4.43. The average molecular weight is 1150 g/mol. The van der Waals surface area contributed by atoms with E-state index in [-0.39, 0.29) is 28.5 Å². The van der Waals surface area contributed by atoms with Crippen LogP contribution in [0.2, 0.25) is 15.1 Å². The zero-order valence-electron chi connectivity index (χ0n) is 47.2. The van der Waals surface area contributed by atoms with Crippen LogP contribution in [0.5, 0.6) is 17.2 Å². The van der Waals surface area contributed by atoms with E-state index in [1.165, 1.54) is 69.9 Å². The first kappa shape index (κ1) is 61.6. The fraction of sp³-hybridized carbons (Fsp3) is 0.554. The molecular weight excluding hydrogens is 1070 g/mol. The number of aromatic amines is 3. The number of H-pyrrole nitrogens is 3. The molecule has 0 saturated heterocycles. The van der Waals surface area contributed by atoms with Gasteiger partial charge in [-0.05, 0) is 88.6 Å². The van der Waals surface area contributed by atoms with E-state index < -0.39 is 17.2 Å². The first-order valence-corrected chi connectivity index (χ1v) is 29.6. The van der Waals surface area contributed by atoms with Gasteiger partial charge in [0.05, 0.1) is 22.0 Å². The van der Waals surface area contributed by atoms with E-state index in [4.69, 9.17) is 43.7 Å². The van der Waals surface area contributed by atoms with Crippen LogP contribution < -0.4 is 14.2 Å². The molecule has 0 radical (unpaired) electrons. The number of fused-ring (bicyclic) bond motifs is 3. The molecule has 22 heteroatoms. The minimum atomic E-state index is -1.74. The van der Waals surface area contributed by atoms with Crippen molar-refractivity contribution in [1.82, 2.24) is 64.8 Å². The molecule has 0 fully saturated rings. The Hall–Kier alpha value is -5.63. The van der Waals surface area contributed by atoms with Gasteiger partial charge in [0.25, 0.3) is 5.91 Å². The summed E-state index contributed by atoms with van der Waals surface area (Å²) in [6, 6.07) is 12.5. The first-order valence-electron chi connectivity index (χ1n) is 27.4. The number of amides is 1. The lowest BCUT2D eigenvalue weighted by molar-refractivity contribution is -0.129. The van der Waals surface area contributed by atoms with Crippen LogP contribution in [0.3, 0.4) is 0 Å². The van der Waals surface area contributed by atoms with Gasteiger partial charge in [0.1, 0.15) is 38.1 Å². The molecule has 8 rings (SSSR count). The Morgan fingerprint density at radius 2 is 1.23 bits per heavy atom. The lowest BCUT2D eigenvalue weighted by atomic mass is 9.92. The summed E-state index contributed by atoms with van der Waals surface area (Å²) < 4.78 is 29.6. The summed E-state index contributed by atoms with van der Waals surface area (Å²) >= 11 is 17.1.